The predicted octanol–water partition coefficient (Wildman–Crippen LogP) is 2.62. The minimum atomic E-state index is -0.938. The number of aromatic amines is 1. The first-order chi connectivity index (χ1) is 8.97. The smallest absolute Gasteiger partial charge is 0.305 e. The molecule has 0 aliphatic heterocycles. The van der Waals surface area contributed by atoms with Gasteiger partial charge in [-0.3, -0.25) is 4.79 Å². The third-order valence-electron chi connectivity index (χ3n) is 2.77. The number of aliphatic carboxylic acids is 1. The van der Waals surface area contributed by atoms with Crippen molar-refractivity contribution in [1.29, 1.82) is 0 Å². The quantitative estimate of drug-likeness (QED) is 0.806. The van der Waals surface area contributed by atoms with Gasteiger partial charge in [0, 0.05) is 15.7 Å². The molecule has 1 aromatic heterocycles. The van der Waals surface area contributed by atoms with Crippen LogP contribution in [0.1, 0.15) is 24.0 Å². The number of rotatable bonds is 4. The van der Waals surface area contributed by atoms with E-state index in [1.807, 2.05) is 31.2 Å². The molecule has 0 saturated carbocycles. The van der Waals surface area contributed by atoms with Crippen LogP contribution in [-0.2, 0) is 4.79 Å². The number of H-pyrrole nitrogens is 1. The SMILES string of the molecule is Cc1[nH]c(C(N)CC(=O)O)nc1-c1ccc(Br)cc1. The molecule has 0 bridgehead atoms. The van der Waals surface area contributed by atoms with Crippen LogP contribution in [0.4, 0.5) is 0 Å². The molecule has 0 fully saturated rings. The molecule has 0 saturated heterocycles. The van der Waals surface area contributed by atoms with Crippen LogP contribution < -0.4 is 5.73 Å². The summed E-state index contributed by atoms with van der Waals surface area (Å²) in [5.74, 6) is -0.440. The van der Waals surface area contributed by atoms with Crippen molar-refractivity contribution in [3.8, 4) is 11.3 Å². The number of aromatic nitrogens is 2. The van der Waals surface area contributed by atoms with Crippen LogP contribution >= 0.6 is 15.9 Å². The van der Waals surface area contributed by atoms with Crippen molar-refractivity contribution in [2.24, 2.45) is 5.73 Å². The van der Waals surface area contributed by atoms with Crippen molar-refractivity contribution in [2.75, 3.05) is 0 Å². The van der Waals surface area contributed by atoms with E-state index in [0.717, 1.165) is 21.4 Å². The number of hydrogen-bond donors (Lipinski definition) is 3. The number of nitrogens with one attached hydrogen (secondary N) is 1. The van der Waals surface area contributed by atoms with Gasteiger partial charge in [0.2, 0.25) is 0 Å². The zero-order valence-corrected chi connectivity index (χ0v) is 11.9. The molecular formula is C13H14BrN3O2. The third-order valence-corrected chi connectivity index (χ3v) is 3.30. The highest BCUT2D eigenvalue weighted by molar-refractivity contribution is 9.10. The van der Waals surface area contributed by atoms with E-state index >= 15 is 0 Å². The zero-order valence-electron chi connectivity index (χ0n) is 10.4. The van der Waals surface area contributed by atoms with Crippen molar-refractivity contribution in [3.05, 3.63) is 40.3 Å². The van der Waals surface area contributed by atoms with Gasteiger partial charge in [0.15, 0.2) is 0 Å². The van der Waals surface area contributed by atoms with E-state index in [1.165, 1.54) is 0 Å². The number of benzene rings is 1. The summed E-state index contributed by atoms with van der Waals surface area (Å²) in [5, 5.41) is 8.74. The Labute approximate surface area is 119 Å². The van der Waals surface area contributed by atoms with Gasteiger partial charge in [-0.2, -0.15) is 0 Å². The molecule has 0 radical (unpaired) electrons. The van der Waals surface area contributed by atoms with Crippen molar-refractivity contribution >= 4 is 21.9 Å². The maximum Gasteiger partial charge on any atom is 0.305 e. The summed E-state index contributed by atoms with van der Waals surface area (Å²) in [4.78, 5) is 18.1. The summed E-state index contributed by atoms with van der Waals surface area (Å²) in [7, 11) is 0. The average molecular weight is 324 g/mol. The number of halogens is 1. The van der Waals surface area contributed by atoms with Crippen molar-refractivity contribution < 1.29 is 9.90 Å². The minimum Gasteiger partial charge on any atom is -0.481 e. The largest absolute Gasteiger partial charge is 0.481 e. The highest BCUT2D eigenvalue weighted by Gasteiger charge is 2.16. The molecule has 0 amide bonds. The number of carboxylic acids is 1. The van der Waals surface area contributed by atoms with E-state index < -0.39 is 12.0 Å². The number of hydrogen-bond acceptors (Lipinski definition) is 3. The highest BCUT2D eigenvalue weighted by Crippen LogP contribution is 2.25. The van der Waals surface area contributed by atoms with Gasteiger partial charge in [-0.15, -0.1) is 0 Å². The fraction of sp³-hybridized carbons (Fsp3) is 0.231. The van der Waals surface area contributed by atoms with Gasteiger partial charge in [0.1, 0.15) is 5.82 Å². The first-order valence-corrected chi connectivity index (χ1v) is 6.56. The molecule has 0 spiro atoms. The van der Waals surface area contributed by atoms with Crippen LogP contribution in [-0.4, -0.2) is 21.0 Å². The molecule has 2 rings (SSSR count). The molecule has 6 heteroatoms. The molecule has 2 aromatic rings. The molecule has 19 heavy (non-hydrogen) atoms. The molecular weight excluding hydrogens is 310 g/mol. The second-order valence-corrected chi connectivity index (χ2v) is 5.22. The molecule has 1 heterocycles. The second kappa shape index (κ2) is 5.54. The summed E-state index contributed by atoms with van der Waals surface area (Å²) in [6.07, 6.45) is -0.146. The highest BCUT2D eigenvalue weighted by atomic mass is 79.9. The van der Waals surface area contributed by atoms with Gasteiger partial charge in [-0.05, 0) is 19.1 Å². The predicted molar refractivity (Wildman–Crippen MR) is 75.6 cm³/mol. The minimum absolute atomic E-state index is 0.146. The normalized spacial score (nSPS) is 12.4. The van der Waals surface area contributed by atoms with E-state index in [9.17, 15) is 4.79 Å². The second-order valence-electron chi connectivity index (χ2n) is 4.31. The van der Waals surface area contributed by atoms with E-state index in [0.29, 0.717) is 5.82 Å². The lowest BCUT2D eigenvalue weighted by molar-refractivity contribution is -0.137. The standard InChI is InChI=1S/C13H14BrN3O2/c1-7-12(8-2-4-9(14)5-3-8)17-13(16-7)10(15)6-11(18)19/h2-5,10H,6,15H2,1H3,(H,16,17)(H,18,19). The summed E-state index contributed by atoms with van der Waals surface area (Å²) < 4.78 is 0.993. The Morgan fingerprint density at radius 3 is 2.68 bits per heavy atom. The Bertz CT molecular complexity index is 592. The van der Waals surface area contributed by atoms with E-state index in [2.05, 4.69) is 25.9 Å². The van der Waals surface area contributed by atoms with Crippen molar-refractivity contribution in [1.82, 2.24) is 9.97 Å². The first-order valence-electron chi connectivity index (χ1n) is 5.77. The van der Waals surface area contributed by atoms with Crippen LogP contribution in [0, 0.1) is 6.92 Å². The van der Waals surface area contributed by atoms with Crippen LogP contribution in [0.5, 0.6) is 0 Å². The van der Waals surface area contributed by atoms with E-state index in [4.69, 9.17) is 10.8 Å². The maximum absolute atomic E-state index is 10.7. The number of nitrogens with zero attached hydrogens (tertiary/aromatic N) is 1. The summed E-state index contributed by atoms with van der Waals surface area (Å²) in [5.41, 5.74) is 8.43. The van der Waals surface area contributed by atoms with Gasteiger partial charge in [0.05, 0.1) is 18.2 Å². The van der Waals surface area contributed by atoms with Gasteiger partial charge in [-0.1, -0.05) is 28.1 Å². The number of carboxylic acid groups (broad SMARTS) is 1. The lowest BCUT2D eigenvalue weighted by atomic mass is 10.1. The first kappa shape index (κ1) is 13.8. The number of imidazole rings is 1. The van der Waals surface area contributed by atoms with Crippen LogP contribution in [0.15, 0.2) is 28.7 Å². The lowest BCUT2D eigenvalue weighted by Gasteiger charge is -2.04. The molecule has 1 unspecified atom stereocenters. The Hall–Kier alpha value is -1.66. The zero-order chi connectivity index (χ0) is 14.0. The molecule has 1 atom stereocenters. The van der Waals surface area contributed by atoms with Crippen LogP contribution in [0.3, 0.4) is 0 Å². The van der Waals surface area contributed by atoms with Gasteiger partial charge in [0.25, 0.3) is 0 Å². The Balaban J connectivity index is 2.30. The topological polar surface area (TPSA) is 92.0 Å². The van der Waals surface area contributed by atoms with Gasteiger partial charge < -0.3 is 15.8 Å². The van der Waals surface area contributed by atoms with Crippen molar-refractivity contribution in [3.63, 3.8) is 0 Å². The Morgan fingerprint density at radius 1 is 1.47 bits per heavy atom. The fourth-order valence-electron chi connectivity index (χ4n) is 1.83. The lowest BCUT2D eigenvalue weighted by Crippen LogP contribution is -2.16. The molecule has 4 N–H and O–H groups in total. The van der Waals surface area contributed by atoms with E-state index in [-0.39, 0.29) is 6.42 Å². The maximum atomic E-state index is 10.7. The van der Waals surface area contributed by atoms with Gasteiger partial charge >= 0.3 is 5.97 Å². The number of nitrogens with two attached hydrogens (primary N) is 1. The van der Waals surface area contributed by atoms with Gasteiger partial charge in [-0.25, -0.2) is 4.98 Å². The van der Waals surface area contributed by atoms with Crippen LogP contribution in [0.25, 0.3) is 11.3 Å². The summed E-state index contributed by atoms with van der Waals surface area (Å²) in [6.45, 7) is 1.89. The average Bonchev–Trinajstić information content (AvgIpc) is 2.72. The molecule has 0 aliphatic rings. The molecule has 0 aliphatic carbocycles. The van der Waals surface area contributed by atoms with Crippen molar-refractivity contribution in [2.45, 2.75) is 19.4 Å². The summed E-state index contributed by atoms with van der Waals surface area (Å²) in [6, 6.07) is 7.13. The molecule has 5 nitrogen and oxygen atoms in total. The molecule has 100 valence electrons. The number of carbonyl (C=O) groups is 1. The van der Waals surface area contributed by atoms with E-state index in [1.54, 1.807) is 0 Å². The Morgan fingerprint density at radius 2 is 2.11 bits per heavy atom. The fourth-order valence-corrected chi connectivity index (χ4v) is 2.10. The monoisotopic (exact) mass is 323 g/mol. The van der Waals surface area contributed by atoms with Crippen LogP contribution in [0.2, 0.25) is 0 Å². The number of aryl methyl sites for hydroxylation is 1. The Kier molecular flexibility index (Phi) is 4.01. The third kappa shape index (κ3) is 3.21. The molecule has 1 aromatic carbocycles. The summed E-state index contributed by atoms with van der Waals surface area (Å²) >= 11 is 3.38.